The van der Waals surface area contributed by atoms with Gasteiger partial charge in [0, 0.05) is 10.7 Å². The lowest BCUT2D eigenvalue weighted by atomic mass is 10.5. The van der Waals surface area contributed by atoms with Gasteiger partial charge in [0.25, 0.3) is 0 Å². The smallest absolute Gasteiger partial charge is 0.129 e. The van der Waals surface area contributed by atoms with E-state index in [4.69, 9.17) is 0 Å². The van der Waals surface area contributed by atoms with Gasteiger partial charge in [-0.25, -0.2) is 4.98 Å². The highest BCUT2D eigenvalue weighted by molar-refractivity contribution is 9.10. The molecule has 0 bridgehead atoms. The minimum atomic E-state index is 0.853. The Morgan fingerprint density at radius 3 is 2.91 bits per heavy atom. The first-order valence-electron chi connectivity index (χ1n) is 3.32. The molecule has 1 heterocycles. The summed E-state index contributed by atoms with van der Waals surface area (Å²) in [5.41, 5.74) is 0. The van der Waals surface area contributed by atoms with Gasteiger partial charge in [0.05, 0.1) is 0 Å². The molecular formula is C8H9BrN2. The Hall–Kier alpha value is -0.830. The third-order valence-corrected chi connectivity index (χ3v) is 1.59. The first-order chi connectivity index (χ1) is 5.33. The number of rotatable bonds is 2. The summed E-state index contributed by atoms with van der Waals surface area (Å²) >= 11 is 3.31. The maximum absolute atomic E-state index is 4.11. The first-order valence-corrected chi connectivity index (χ1v) is 4.11. The summed E-state index contributed by atoms with van der Waals surface area (Å²) in [7, 11) is 0. The van der Waals surface area contributed by atoms with Gasteiger partial charge in [-0.2, -0.15) is 0 Å². The van der Waals surface area contributed by atoms with Crippen LogP contribution in [0.2, 0.25) is 0 Å². The van der Waals surface area contributed by atoms with Crippen LogP contribution in [0.15, 0.2) is 35.1 Å². The van der Waals surface area contributed by atoms with Crippen molar-refractivity contribution in [3.8, 4) is 0 Å². The monoisotopic (exact) mass is 212 g/mol. The molecule has 0 radical (unpaired) electrons. The van der Waals surface area contributed by atoms with Crippen molar-refractivity contribution >= 4 is 21.7 Å². The van der Waals surface area contributed by atoms with Crippen molar-refractivity contribution < 1.29 is 0 Å². The molecule has 0 aliphatic rings. The molecule has 0 unspecified atom stereocenters. The Labute approximate surface area is 74.5 Å². The summed E-state index contributed by atoms with van der Waals surface area (Å²) < 4.78 is 0.989. The fourth-order valence-electron chi connectivity index (χ4n) is 0.630. The highest BCUT2D eigenvalue weighted by atomic mass is 79.9. The summed E-state index contributed by atoms with van der Waals surface area (Å²) in [4.78, 5) is 4.11. The normalized spacial score (nSPS) is 10.4. The van der Waals surface area contributed by atoms with E-state index in [2.05, 4.69) is 26.2 Å². The lowest BCUT2D eigenvalue weighted by Crippen LogP contribution is -1.89. The van der Waals surface area contributed by atoms with E-state index in [-0.39, 0.29) is 0 Å². The Balaban J connectivity index is 2.66. The molecular weight excluding hydrogens is 204 g/mol. The third-order valence-electron chi connectivity index (χ3n) is 1.13. The van der Waals surface area contributed by atoms with Gasteiger partial charge >= 0.3 is 0 Å². The second-order valence-electron chi connectivity index (χ2n) is 2.01. The molecule has 11 heavy (non-hydrogen) atoms. The van der Waals surface area contributed by atoms with Crippen molar-refractivity contribution in [3.63, 3.8) is 0 Å². The molecule has 0 saturated carbocycles. The van der Waals surface area contributed by atoms with E-state index in [0.717, 1.165) is 10.3 Å². The zero-order chi connectivity index (χ0) is 8.10. The predicted octanol–water partition coefficient (Wildman–Crippen LogP) is 2.79. The zero-order valence-corrected chi connectivity index (χ0v) is 7.80. The number of aromatic nitrogens is 1. The number of nitrogens with one attached hydrogen (secondary N) is 1. The number of anilines is 1. The van der Waals surface area contributed by atoms with Gasteiger partial charge in [0.15, 0.2) is 0 Å². The topological polar surface area (TPSA) is 24.9 Å². The summed E-state index contributed by atoms with van der Waals surface area (Å²) in [5.74, 6) is 0.853. The lowest BCUT2D eigenvalue weighted by molar-refractivity contribution is 1.29. The minimum absolute atomic E-state index is 0.853. The van der Waals surface area contributed by atoms with Crippen LogP contribution in [0.25, 0.3) is 0 Å². The van der Waals surface area contributed by atoms with Crippen molar-refractivity contribution in [1.29, 1.82) is 0 Å². The maximum atomic E-state index is 4.11. The summed E-state index contributed by atoms with van der Waals surface area (Å²) in [6.07, 6.45) is 5.52. The minimum Gasteiger partial charge on any atom is -0.347 e. The summed E-state index contributed by atoms with van der Waals surface area (Å²) in [5, 5.41) is 3.01. The Morgan fingerprint density at radius 2 is 2.36 bits per heavy atom. The molecule has 1 rings (SSSR count). The van der Waals surface area contributed by atoms with E-state index in [9.17, 15) is 0 Å². The van der Waals surface area contributed by atoms with Crippen LogP contribution in [-0.4, -0.2) is 4.98 Å². The van der Waals surface area contributed by atoms with Gasteiger partial charge in [0.1, 0.15) is 5.82 Å². The number of hydrogen-bond donors (Lipinski definition) is 1. The van der Waals surface area contributed by atoms with Crippen molar-refractivity contribution in [3.05, 3.63) is 35.1 Å². The number of allylic oxidation sites excluding steroid dienone is 1. The average Bonchev–Trinajstić information content (AvgIpc) is 2.04. The van der Waals surface area contributed by atoms with E-state index in [1.807, 2.05) is 31.3 Å². The van der Waals surface area contributed by atoms with Crippen LogP contribution in [0.3, 0.4) is 0 Å². The molecule has 1 aromatic heterocycles. The van der Waals surface area contributed by atoms with Crippen LogP contribution < -0.4 is 5.32 Å². The van der Waals surface area contributed by atoms with Crippen LogP contribution in [0.5, 0.6) is 0 Å². The molecule has 1 N–H and O–H groups in total. The molecule has 0 aromatic carbocycles. The van der Waals surface area contributed by atoms with Gasteiger partial charge in [-0.3, -0.25) is 0 Å². The second-order valence-corrected chi connectivity index (χ2v) is 2.92. The van der Waals surface area contributed by atoms with Crippen molar-refractivity contribution in [2.75, 3.05) is 5.32 Å². The fourth-order valence-corrected chi connectivity index (χ4v) is 0.864. The van der Waals surface area contributed by atoms with Crippen molar-refractivity contribution in [2.24, 2.45) is 0 Å². The van der Waals surface area contributed by atoms with Crippen molar-refractivity contribution in [2.45, 2.75) is 6.92 Å². The van der Waals surface area contributed by atoms with E-state index < -0.39 is 0 Å². The third kappa shape index (κ3) is 2.72. The summed E-state index contributed by atoms with van der Waals surface area (Å²) in [6, 6.07) is 3.85. The molecule has 1 aromatic rings. The van der Waals surface area contributed by atoms with Crippen LogP contribution in [-0.2, 0) is 0 Å². The number of pyridine rings is 1. The number of hydrogen-bond acceptors (Lipinski definition) is 2. The average molecular weight is 213 g/mol. The fraction of sp³-hybridized carbons (Fsp3) is 0.125. The molecule has 3 heteroatoms. The van der Waals surface area contributed by atoms with E-state index in [1.54, 1.807) is 6.20 Å². The van der Waals surface area contributed by atoms with Crippen LogP contribution in [0, 0.1) is 0 Å². The standard InChI is InChI=1S/C8H9BrN2/c1-2-5-10-8-4-3-7(9)6-11-8/h2-6H,1H3,(H,10,11)/b5-2+. The predicted molar refractivity (Wildman–Crippen MR) is 50.4 cm³/mol. The summed E-state index contributed by atoms with van der Waals surface area (Å²) in [6.45, 7) is 1.95. The molecule has 0 fully saturated rings. The molecule has 0 atom stereocenters. The van der Waals surface area contributed by atoms with Gasteiger partial charge in [-0.1, -0.05) is 6.08 Å². The highest BCUT2D eigenvalue weighted by Crippen LogP contribution is 2.09. The lowest BCUT2D eigenvalue weighted by Gasteiger charge is -1.97. The second kappa shape index (κ2) is 4.13. The van der Waals surface area contributed by atoms with Crippen molar-refractivity contribution in [1.82, 2.24) is 4.98 Å². The molecule has 2 nitrogen and oxygen atoms in total. The van der Waals surface area contributed by atoms with Gasteiger partial charge in [-0.05, 0) is 41.2 Å². The first kappa shape index (κ1) is 8.27. The Bertz CT molecular complexity index is 241. The van der Waals surface area contributed by atoms with Crippen LogP contribution in [0.1, 0.15) is 6.92 Å². The van der Waals surface area contributed by atoms with Gasteiger partial charge < -0.3 is 5.32 Å². The van der Waals surface area contributed by atoms with Gasteiger partial charge in [-0.15, -0.1) is 0 Å². The van der Waals surface area contributed by atoms with E-state index in [0.29, 0.717) is 0 Å². The molecule has 0 amide bonds. The van der Waals surface area contributed by atoms with E-state index >= 15 is 0 Å². The quantitative estimate of drug-likeness (QED) is 0.816. The van der Waals surface area contributed by atoms with Gasteiger partial charge in [0.2, 0.25) is 0 Å². The van der Waals surface area contributed by atoms with Crippen LogP contribution in [0.4, 0.5) is 5.82 Å². The Morgan fingerprint density at radius 1 is 1.55 bits per heavy atom. The SMILES string of the molecule is C/C=C/Nc1ccc(Br)cn1. The van der Waals surface area contributed by atoms with Crippen LogP contribution >= 0.6 is 15.9 Å². The molecule has 58 valence electrons. The molecule has 0 spiro atoms. The maximum Gasteiger partial charge on any atom is 0.129 e. The number of halogens is 1. The van der Waals surface area contributed by atoms with E-state index in [1.165, 1.54) is 0 Å². The number of nitrogens with zero attached hydrogens (tertiary/aromatic N) is 1. The molecule has 0 aliphatic carbocycles. The Kier molecular flexibility index (Phi) is 3.11. The largest absolute Gasteiger partial charge is 0.347 e. The zero-order valence-electron chi connectivity index (χ0n) is 6.21. The highest BCUT2D eigenvalue weighted by Gasteiger charge is 1.88. The molecule has 0 saturated heterocycles. The molecule has 0 aliphatic heterocycles.